The molecule has 158 valence electrons. The summed E-state index contributed by atoms with van der Waals surface area (Å²) in [7, 11) is 0. The average molecular weight is 417 g/mol. The summed E-state index contributed by atoms with van der Waals surface area (Å²) in [6, 6.07) is 14.6. The van der Waals surface area contributed by atoms with Gasteiger partial charge >= 0.3 is 6.09 Å². The molecule has 0 saturated carbocycles. The summed E-state index contributed by atoms with van der Waals surface area (Å²) in [4.78, 5) is 30.5. The van der Waals surface area contributed by atoms with Crippen molar-refractivity contribution in [2.24, 2.45) is 0 Å². The van der Waals surface area contributed by atoms with Crippen LogP contribution in [0.2, 0.25) is 0 Å². The number of nitrogens with one attached hydrogen (secondary N) is 1. The first kappa shape index (κ1) is 20.4. The Bertz CT molecular complexity index is 1090. The lowest BCUT2D eigenvalue weighted by molar-refractivity contribution is 0.102. The zero-order valence-electron chi connectivity index (χ0n) is 17.4. The fourth-order valence-electron chi connectivity index (χ4n) is 3.57. The SMILES string of the molecule is Cc1cc(C(=O)Nc2ccccc2N2CCOC2=O)cc(C)c1OCc1cccnc1. The lowest BCUT2D eigenvalue weighted by Gasteiger charge is -2.18. The van der Waals surface area contributed by atoms with Gasteiger partial charge in [0.25, 0.3) is 5.91 Å². The van der Waals surface area contributed by atoms with Gasteiger partial charge < -0.3 is 14.8 Å². The molecule has 1 aliphatic rings. The van der Waals surface area contributed by atoms with Gasteiger partial charge in [0, 0.05) is 23.5 Å². The molecule has 0 radical (unpaired) electrons. The number of hydrogen-bond donors (Lipinski definition) is 1. The minimum absolute atomic E-state index is 0.259. The molecule has 0 atom stereocenters. The van der Waals surface area contributed by atoms with Gasteiger partial charge in [0.1, 0.15) is 19.0 Å². The van der Waals surface area contributed by atoms with Crippen molar-refractivity contribution in [3.8, 4) is 5.75 Å². The van der Waals surface area contributed by atoms with Gasteiger partial charge in [-0.15, -0.1) is 0 Å². The van der Waals surface area contributed by atoms with Crippen LogP contribution in [0, 0.1) is 13.8 Å². The van der Waals surface area contributed by atoms with E-state index in [0.29, 0.717) is 36.7 Å². The number of aryl methyl sites for hydroxylation is 2. The maximum absolute atomic E-state index is 13.0. The van der Waals surface area contributed by atoms with Crippen molar-refractivity contribution in [3.05, 3.63) is 83.2 Å². The summed E-state index contributed by atoms with van der Waals surface area (Å²) in [5.41, 5.74) is 4.39. The fraction of sp³-hybridized carbons (Fsp3) is 0.208. The summed E-state index contributed by atoms with van der Waals surface area (Å²) in [6.07, 6.45) is 3.07. The maximum Gasteiger partial charge on any atom is 0.414 e. The summed E-state index contributed by atoms with van der Waals surface area (Å²) in [5, 5.41) is 2.92. The standard InChI is InChI=1S/C24H23N3O4/c1-16-12-19(13-17(2)22(16)31-15-18-6-5-9-25-14-18)23(28)26-20-7-3-4-8-21(20)27-10-11-30-24(27)29/h3-9,12-14H,10-11,15H2,1-2H3,(H,26,28). The number of carbonyl (C=O) groups excluding carboxylic acids is 2. The Morgan fingerprint density at radius 2 is 1.94 bits per heavy atom. The van der Waals surface area contributed by atoms with Crippen LogP contribution in [0.3, 0.4) is 0 Å². The van der Waals surface area contributed by atoms with Gasteiger partial charge in [0.05, 0.1) is 17.9 Å². The zero-order valence-corrected chi connectivity index (χ0v) is 17.4. The molecule has 2 amide bonds. The van der Waals surface area contributed by atoms with Crippen molar-refractivity contribution in [2.75, 3.05) is 23.4 Å². The van der Waals surface area contributed by atoms with Crippen LogP contribution in [0.15, 0.2) is 60.9 Å². The summed E-state index contributed by atoms with van der Waals surface area (Å²) in [5.74, 6) is 0.491. The van der Waals surface area contributed by atoms with Crippen molar-refractivity contribution in [1.29, 1.82) is 0 Å². The number of rotatable bonds is 6. The minimum Gasteiger partial charge on any atom is -0.488 e. The van der Waals surface area contributed by atoms with Crippen molar-refractivity contribution in [3.63, 3.8) is 0 Å². The molecule has 1 saturated heterocycles. The number of para-hydroxylation sites is 2. The van der Waals surface area contributed by atoms with Crippen molar-refractivity contribution in [2.45, 2.75) is 20.5 Å². The second-order valence-corrected chi connectivity index (χ2v) is 7.33. The van der Waals surface area contributed by atoms with E-state index in [0.717, 1.165) is 22.4 Å². The van der Waals surface area contributed by atoms with Crippen LogP contribution in [0.25, 0.3) is 0 Å². The first-order chi connectivity index (χ1) is 15.0. The van der Waals surface area contributed by atoms with E-state index in [-0.39, 0.29) is 5.91 Å². The van der Waals surface area contributed by atoms with Gasteiger partial charge in [-0.25, -0.2) is 4.79 Å². The van der Waals surface area contributed by atoms with E-state index >= 15 is 0 Å². The quantitative estimate of drug-likeness (QED) is 0.639. The smallest absolute Gasteiger partial charge is 0.414 e. The molecular formula is C24H23N3O4. The maximum atomic E-state index is 13.0. The lowest BCUT2D eigenvalue weighted by Crippen LogP contribution is -2.25. The second kappa shape index (κ2) is 8.87. The lowest BCUT2D eigenvalue weighted by atomic mass is 10.0. The minimum atomic E-state index is -0.413. The van der Waals surface area contributed by atoms with E-state index in [1.807, 2.05) is 38.1 Å². The topological polar surface area (TPSA) is 80.8 Å². The van der Waals surface area contributed by atoms with Gasteiger partial charge in [-0.3, -0.25) is 14.7 Å². The number of nitrogens with zero attached hydrogens (tertiary/aromatic N) is 2. The Morgan fingerprint density at radius 3 is 2.61 bits per heavy atom. The Balaban J connectivity index is 1.51. The fourth-order valence-corrected chi connectivity index (χ4v) is 3.57. The van der Waals surface area contributed by atoms with E-state index in [1.54, 1.807) is 36.7 Å². The molecule has 1 fully saturated rings. The number of anilines is 2. The number of benzene rings is 2. The molecule has 2 aromatic carbocycles. The third-order valence-corrected chi connectivity index (χ3v) is 5.03. The third-order valence-electron chi connectivity index (χ3n) is 5.03. The van der Waals surface area contributed by atoms with Gasteiger partial charge in [-0.2, -0.15) is 0 Å². The monoisotopic (exact) mass is 417 g/mol. The number of hydrogen-bond acceptors (Lipinski definition) is 5. The molecule has 0 bridgehead atoms. The predicted octanol–water partition coefficient (Wildman–Crippen LogP) is 4.49. The highest BCUT2D eigenvalue weighted by Gasteiger charge is 2.26. The first-order valence-corrected chi connectivity index (χ1v) is 10.0. The number of amides is 2. The predicted molar refractivity (Wildman–Crippen MR) is 118 cm³/mol. The van der Waals surface area contributed by atoms with Crippen molar-refractivity contribution < 1.29 is 19.1 Å². The molecular weight excluding hydrogens is 394 g/mol. The Labute approximate surface area is 180 Å². The average Bonchev–Trinajstić information content (AvgIpc) is 3.20. The largest absolute Gasteiger partial charge is 0.488 e. The zero-order chi connectivity index (χ0) is 21.8. The van der Waals surface area contributed by atoms with Crippen molar-refractivity contribution in [1.82, 2.24) is 4.98 Å². The molecule has 7 nitrogen and oxygen atoms in total. The van der Waals surface area contributed by atoms with Crippen LogP contribution in [0.1, 0.15) is 27.0 Å². The van der Waals surface area contributed by atoms with Crippen LogP contribution >= 0.6 is 0 Å². The van der Waals surface area contributed by atoms with E-state index in [4.69, 9.17) is 9.47 Å². The molecule has 3 aromatic rings. The van der Waals surface area contributed by atoms with Crippen LogP contribution in [0.4, 0.5) is 16.2 Å². The molecule has 1 N–H and O–H groups in total. The molecule has 7 heteroatoms. The molecule has 1 aromatic heterocycles. The number of carbonyl (C=O) groups is 2. The number of cyclic esters (lactones) is 1. The second-order valence-electron chi connectivity index (χ2n) is 7.33. The Hall–Kier alpha value is -3.87. The van der Waals surface area contributed by atoms with Gasteiger partial charge in [-0.05, 0) is 55.3 Å². The molecule has 1 aliphatic heterocycles. The highest BCUT2D eigenvalue weighted by Crippen LogP contribution is 2.30. The number of ether oxygens (including phenoxy) is 2. The number of pyridine rings is 1. The van der Waals surface area contributed by atoms with E-state index in [2.05, 4.69) is 10.3 Å². The molecule has 31 heavy (non-hydrogen) atoms. The van der Waals surface area contributed by atoms with Gasteiger partial charge in [0.15, 0.2) is 0 Å². The molecule has 0 unspecified atom stereocenters. The third kappa shape index (κ3) is 4.50. The van der Waals surface area contributed by atoms with E-state index in [9.17, 15) is 9.59 Å². The van der Waals surface area contributed by atoms with E-state index < -0.39 is 6.09 Å². The Morgan fingerprint density at radius 1 is 1.16 bits per heavy atom. The van der Waals surface area contributed by atoms with Crippen LogP contribution in [-0.2, 0) is 11.3 Å². The number of aromatic nitrogens is 1. The summed E-state index contributed by atoms with van der Waals surface area (Å²) in [6.45, 7) is 5.01. The molecule has 4 rings (SSSR count). The van der Waals surface area contributed by atoms with Crippen molar-refractivity contribution >= 4 is 23.4 Å². The molecule has 2 heterocycles. The summed E-state index contributed by atoms with van der Waals surface area (Å²) < 4.78 is 11.0. The molecule has 0 aliphatic carbocycles. The first-order valence-electron chi connectivity index (χ1n) is 10.0. The van der Waals surface area contributed by atoms with Gasteiger partial charge in [-0.1, -0.05) is 18.2 Å². The van der Waals surface area contributed by atoms with Crippen LogP contribution in [0.5, 0.6) is 5.75 Å². The van der Waals surface area contributed by atoms with Crippen LogP contribution < -0.4 is 15.0 Å². The highest BCUT2D eigenvalue weighted by molar-refractivity contribution is 6.07. The van der Waals surface area contributed by atoms with Crippen LogP contribution in [-0.4, -0.2) is 30.1 Å². The van der Waals surface area contributed by atoms with Gasteiger partial charge in [0.2, 0.25) is 0 Å². The van der Waals surface area contributed by atoms with E-state index in [1.165, 1.54) is 4.90 Å². The Kier molecular flexibility index (Phi) is 5.84. The summed E-state index contributed by atoms with van der Waals surface area (Å²) >= 11 is 0. The highest BCUT2D eigenvalue weighted by atomic mass is 16.6. The normalized spacial score (nSPS) is 13.1. The molecule has 0 spiro atoms.